The fraction of sp³-hybridized carbons (Fsp3) is 0.286. The first-order valence-electron chi connectivity index (χ1n) is 6.36. The first-order valence-corrected chi connectivity index (χ1v) is 6.90. The number of hydrogen-bond donors (Lipinski definition) is 0. The lowest BCUT2D eigenvalue weighted by Gasteiger charge is -2.08. The average molecular weight is 293 g/mol. The number of aromatic nitrogens is 4. The van der Waals surface area contributed by atoms with Crippen LogP contribution >= 0.6 is 11.6 Å². The van der Waals surface area contributed by atoms with E-state index in [-0.39, 0.29) is 5.82 Å². The van der Waals surface area contributed by atoms with Crippen molar-refractivity contribution in [3.05, 3.63) is 47.8 Å². The molecule has 20 heavy (non-hydrogen) atoms. The summed E-state index contributed by atoms with van der Waals surface area (Å²) in [5.41, 5.74) is 2.63. The summed E-state index contributed by atoms with van der Waals surface area (Å²) in [7, 11) is 1.90. The minimum atomic E-state index is -0.278. The van der Waals surface area contributed by atoms with Gasteiger partial charge >= 0.3 is 0 Å². The second-order valence-electron chi connectivity index (χ2n) is 4.63. The summed E-state index contributed by atoms with van der Waals surface area (Å²) in [6.45, 7) is 0.644. The number of fused-ring (bicyclic) bond motifs is 1. The number of benzene rings is 1. The zero-order chi connectivity index (χ0) is 14.1. The molecule has 104 valence electrons. The predicted molar refractivity (Wildman–Crippen MR) is 76.4 cm³/mol. The second kappa shape index (κ2) is 5.25. The van der Waals surface area contributed by atoms with Crippen LogP contribution < -0.4 is 0 Å². The van der Waals surface area contributed by atoms with Gasteiger partial charge in [0.05, 0.1) is 23.3 Å². The van der Waals surface area contributed by atoms with Crippen LogP contribution in [0.15, 0.2) is 30.5 Å². The Bertz CT molecular complexity index is 747. The highest BCUT2D eigenvalue weighted by Gasteiger charge is 2.12. The molecular formula is C14H14ClFN4. The van der Waals surface area contributed by atoms with Crippen LogP contribution in [0.2, 0.25) is 0 Å². The predicted octanol–water partition coefficient (Wildman–Crippen LogP) is 2.74. The molecule has 0 radical (unpaired) electrons. The molecule has 0 amide bonds. The van der Waals surface area contributed by atoms with Gasteiger partial charge in [-0.3, -0.25) is 4.68 Å². The van der Waals surface area contributed by atoms with E-state index in [1.54, 1.807) is 12.3 Å². The van der Waals surface area contributed by atoms with Gasteiger partial charge in [-0.15, -0.1) is 11.6 Å². The van der Waals surface area contributed by atoms with E-state index in [0.717, 1.165) is 17.0 Å². The molecule has 3 aromatic rings. The van der Waals surface area contributed by atoms with E-state index >= 15 is 0 Å². The van der Waals surface area contributed by atoms with Crippen LogP contribution in [-0.4, -0.2) is 25.2 Å². The molecule has 0 atom stereocenters. The quantitative estimate of drug-likeness (QED) is 0.693. The number of alkyl halides is 1. The Labute approximate surface area is 120 Å². The van der Waals surface area contributed by atoms with Crippen LogP contribution in [0.4, 0.5) is 4.39 Å². The SMILES string of the molecule is Cn1nccc1Cn1c(CCCl)nc2cc(F)ccc21. The number of hydrogen-bond acceptors (Lipinski definition) is 2. The van der Waals surface area contributed by atoms with Crippen LogP contribution in [0.25, 0.3) is 11.0 Å². The van der Waals surface area contributed by atoms with Gasteiger partial charge in [0.15, 0.2) is 0 Å². The summed E-state index contributed by atoms with van der Waals surface area (Å²) in [5.74, 6) is 1.07. The van der Waals surface area contributed by atoms with Crippen molar-refractivity contribution in [1.29, 1.82) is 0 Å². The molecule has 6 heteroatoms. The zero-order valence-corrected chi connectivity index (χ0v) is 11.8. The fourth-order valence-corrected chi connectivity index (χ4v) is 2.49. The summed E-state index contributed by atoms with van der Waals surface area (Å²) in [6, 6.07) is 6.62. The number of aryl methyl sites for hydroxylation is 2. The zero-order valence-electron chi connectivity index (χ0n) is 11.1. The molecule has 0 saturated heterocycles. The number of rotatable bonds is 4. The minimum absolute atomic E-state index is 0.278. The van der Waals surface area contributed by atoms with Crippen LogP contribution in [0.1, 0.15) is 11.5 Å². The van der Waals surface area contributed by atoms with Gasteiger partial charge in [0.2, 0.25) is 0 Å². The molecule has 0 saturated carbocycles. The first-order chi connectivity index (χ1) is 9.69. The van der Waals surface area contributed by atoms with E-state index in [4.69, 9.17) is 11.6 Å². The summed E-state index contributed by atoms with van der Waals surface area (Å²) >= 11 is 5.84. The minimum Gasteiger partial charge on any atom is -0.322 e. The molecule has 2 aromatic heterocycles. The Morgan fingerprint density at radius 1 is 1.30 bits per heavy atom. The van der Waals surface area contributed by atoms with Crippen LogP contribution in [0, 0.1) is 5.82 Å². The molecule has 3 rings (SSSR count). The largest absolute Gasteiger partial charge is 0.322 e. The third-order valence-electron chi connectivity index (χ3n) is 3.35. The normalized spacial score (nSPS) is 11.3. The van der Waals surface area contributed by atoms with Gasteiger partial charge in [-0.2, -0.15) is 5.10 Å². The van der Waals surface area contributed by atoms with E-state index in [2.05, 4.69) is 14.6 Å². The third kappa shape index (κ3) is 2.29. The van der Waals surface area contributed by atoms with Gasteiger partial charge in [-0.25, -0.2) is 9.37 Å². The number of halogens is 2. The van der Waals surface area contributed by atoms with Crippen molar-refractivity contribution in [2.75, 3.05) is 5.88 Å². The lowest BCUT2D eigenvalue weighted by molar-refractivity contribution is 0.629. The summed E-state index contributed by atoms with van der Waals surface area (Å²) in [6.07, 6.45) is 2.41. The van der Waals surface area contributed by atoms with Crippen molar-refractivity contribution in [3.63, 3.8) is 0 Å². The average Bonchev–Trinajstić information content (AvgIpc) is 2.96. The molecule has 0 bridgehead atoms. The van der Waals surface area contributed by atoms with E-state index in [1.807, 2.05) is 17.8 Å². The van der Waals surface area contributed by atoms with Gasteiger partial charge in [0, 0.05) is 31.6 Å². The third-order valence-corrected chi connectivity index (χ3v) is 3.54. The van der Waals surface area contributed by atoms with Crippen LogP contribution in [-0.2, 0) is 20.0 Å². The molecule has 0 N–H and O–H groups in total. The standard InChI is InChI=1S/C14H14ClFN4/c1-19-11(5-7-17-19)9-20-13-3-2-10(16)8-12(13)18-14(20)4-6-15/h2-3,5,7-8H,4,6,9H2,1H3. The van der Waals surface area contributed by atoms with E-state index in [0.29, 0.717) is 24.4 Å². The molecule has 0 spiro atoms. The number of nitrogens with zero attached hydrogens (tertiary/aromatic N) is 4. The smallest absolute Gasteiger partial charge is 0.125 e. The maximum atomic E-state index is 13.3. The van der Waals surface area contributed by atoms with Crippen molar-refractivity contribution >= 4 is 22.6 Å². The van der Waals surface area contributed by atoms with Crippen molar-refractivity contribution in [2.45, 2.75) is 13.0 Å². The highest BCUT2D eigenvalue weighted by atomic mass is 35.5. The van der Waals surface area contributed by atoms with E-state index < -0.39 is 0 Å². The van der Waals surface area contributed by atoms with Gasteiger partial charge in [-0.05, 0) is 18.2 Å². The molecule has 1 aromatic carbocycles. The summed E-state index contributed by atoms with van der Waals surface area (Å²) in [5, 5.41) is 4.16. The molecule has 0 aliphatic carbocycles. The van der Waals surface area contributed by atoms with Gasteiger partial charge < -0.3 is 4.57 Å². The summed E-state index contributed by atoms with van der Waals surface area (Å²) < 4.78 is 17.2. The van der Waals surface area contributed by atoms with Crippen molar-refractivity contribution in [3.8, 4) is 0 Å². The van der Waals surface area contributed by atoms with Crippen molar-refractivity contribution in [1.82, 2.24) is 19.3 Å². The Morgan fingerprint density at radius 3 is 2.85 bits per heavy atom. The molecule has 0 fully saturated rings. The van der Waals surface area contributed by atoms with Crippen molar-refractivity contribution < 1.29 is 4.39 Å². The van der Waals surface area contributed by atoms with E-state index in [9.17, 15) is 4.39 Å². The second-order valence-corrected chi connectivity index (χ2v) is 5.01. The van der Waals surface area contributed by atoms with Crippen LogP contribution in [0.5, 0.6) is 0 Å². The van der Waals surface area contributed by atoms with Gasteiger partial charge in [0.25, 0.3) is 0 Å². The lowest BCUT2D eigenvalue weighted by atomic mass is 10.3. The monoisotopic (exact) mass is 292 g/mol. The summed E-state index contributed by atoms with van der Waals surface area (Å²) in [4.78, 5) is 4.48. The molecule has 4 nitrogen and oxygen atoms in total. The highest BCUT2D eigenvalue weighted by molar-refractivity contribution is 6.17. The highest BCUT2D eigenvalue weighted by Crippen LogP contribution is 2.19. The Hall–Kier alpha value is -1.88. The lowest BCUT2D eigenvalue weighted by Crippen LogP contribution is -2.09. The Balaban J connectivity index is 2.11. The van der Waals surface area contributed by atoms with Gasteiger partial charge in [0.1, 0.15) is 11.6 Å². The fourth-order valence-electron chi connectivity index (χ4n) is 2.32. The van der Waals surface area contributed by atoms with E-state index in [1.165, 1.54) is 12.1 Å². The molecule has 2 heterocycles. The first kappa shape index (κ1) is 13.1. The van der Waals surface area contributed by atoms with Crippen molar-refractivity contribution in [2.24, 2.45) is 7.05 Å². The Kier molecular flexibility index (Phi) is 3.44. The topological polar surface area (TPSA) is 35.6 Å². The van der Waals surface area contributed by atoms with Gasteiger partial charge in [-0.1, -0.05) is 0 Å². The Morgan fingerprint density at radius 2 is 2.15 bits per heavy atom. The van der Waals surface area contributed by atoms with Crippen LogP contribution in [0.3, 0.4) is 0 Å². The molecule has 0 aliphatic heterocycles. The maximum Gasteiger partial charge on any atom is 0.125 e. The number of imidazole rings is 1. The molecule has 0 unspecified atom stereocenters. The molecular weight excluding hydrogens is 279 g/mol. The maximum absolute atomic E-state index is 13.3. The molecule has 0 aliphatic rings.